The Morgan fingerprint density at radius 3 is 2.33 bits per heavy atom. The van der Waals surface area contributed by atoms with Gasteiger partial charge in [-0.15, -0.1) is 0 Å². The van der Waals surface area contributed by atoms with Crippen LogP contribution in [-0.4, -0.2) is 13.3 Å². The average Bonchev–Trinajstić information content (AvgIpc) is 1.65. The molecule has 0 aliphatic heterocycles. The molecule has 0 saturated heterocycles. The second-order valence-electron chi connectivity index (χ2n) is 0.875. The summed E-state index contributed by atoms with van der Waals surface area (Å²) in [5.74, 6) is 0. The lowest BCUT2D eigenvalue weighted by Crippen LogP contribution is -2.42. The first kappa shape index (κ1) is 6.61. The van der Waals surface area contributed by atoms with Crippen LogP contribution in [0.25, 0.3) is 0 Å². The molecule has 0 bridgehead atoms. The van der Waals surface area contributed by atoms with Crippen LogP contribution in [-0.2, 0) is 0 Å². The first-order valence-electron chi connectivity index (χ1n) is 1.60. The van der Waals surface area contributed by atoms with Crippen LogP contribution in [0.1, 0.15) is 0 Å². The lowest BCUT2D eigenvalue weighted by Gasteiger charge is -2.03. The van der Waals surface area contributed by atoms with Gasteiger partial charge in [-0.3, -0.25) is 5.32 Å². The molecule has 4 N–H and O–H groups in total. The molecule has 38 valence electrons. The van der Waals surface area contributed by atoms with Crippen LogP contribution in [0.4, 0.5) is 0 Å². The minimum Gasteiger partial charge on any atom is -0.303 e. The summed E-state index contributed by atoms with van der Waals surface area (Å²) >= 11 is 1.98. The van der Waals surface area contributed by atoms with Crippen molar-refractivity contribution >= 4 is 22.9 Å². The SMILES string of the molecule is CNC(N)NI. The van der Waals surface area contributed by atoms with Crippen molar-refractivity contribution in [1.29, 1.82) is 0 Å². The molecule has 0 radical (unpaired) electrons. The van der Waals surface area contributed by atoms with Crippen LogP contribution in [0.2, 0.25) is 0 Å². The van der Waals surface area contributed by atoms with Crippen molar-refractivity contribution in [2.75, 3.05) is 7.05 Å². The highest BCUT2D eigenvalue weighted by Gasteiger charge is 1.85. The van der Waals surface area contributed by atoms with Crippen molar-refractivity contribution in [2.45, 2.75) is 6.29 Å². The summed E-state index contributed by atoms with van der Waals surface area (Å²) < 4.78 is 2.75. The van der Waals surface area contributed by atoms with E-state index in [1.54, 1.807) is 7.05 Å². The molecule has 6 heavy (non-hydrogen) atoms. The maximum atomic E-state index is 5.24. The normalized spacial score (nSPS) is 14.5. The zero-order valence-electron chi connectivity index (χ0n) is 3.53. The number of rotatable bonds is 2. The van der Waals surface area contributed by atoms with E-state index in [0.29, 0.717) is 0 Å². The van der Waals surface area contributed by atoms with Gasteiger partial charge >= 0.3 is 0 Å². The number of halogens is 1. The zero-order chi connectivity index (χ0) is 4.99. The van der Waals surface area contributed by atoms with Gasteiger partial charge in [0.1, 0.15) is 6.29 Å². The lowest BCUT2D eigenvalue weighted by molar-refractivity contribution is 0.587. The molecule has 0 fully saturated rings. The minimum atomic E-state index is -0.0781. The van der Waals surface area contributed by atoms with E-state index in [4.69, 9.17) is 5.73 Å². The zero-order valence-corrected chi connectivity index (χ0v) is 5.69. The van der Waals surface area contributed by atoms with Gasteiger partial charge in [0.15, 0.2) is 0 Å². The summed E-state index contributed by atoms with van der Waals surface area (Å²) in [4.78, 5) is 0. The van der Waals surface area contributed by atoms with E-state index in [2.05, 4.69) is 8.85 Å². The molecule has 4 heteroatoms. The topological polar surface area (TPSA) is 50.1 Å². The van der Waals surface area contributed by atoms with Gasteiger partial charge in [0.25, 0.3) is 0 Å². The van der Waals surface area contributed by atoms with Crippen molar-refractivity contribution in [2.24, 2.45) is 5.73 Å². The van der Waals surface area contributed by atoms with E-state index in [1.807, 2.05) is 22.9 Å². The highest BCUT2D eigenvalue weighted by atomic mass is 127. The molecule has 0 aliphatic carbocycles. The molecule has 0 rings (SSSR count). The van der Waals surface area contributed by atoms with Gasteiger partial charge in [0.2, 0.25) is 0 Å². The Morgan fingerprint density at radius 1 is 1.83 bits per heavy atom. The Kier molecular flexibility index (Phi) is 4.17. The van der Waals surface area contributed by atoms with Gasteiger partial charge in [-0.1, -0.05) is 0 Å². The van der Waals surface area contributed by atoms with E-state index in [9.17, 15) is 0 Å². The van der Waals surface area contributed by atoms with Gasteiger partial charge in [0, 0.05) is 22.9 Å². The highest BCUT2D eigenvalue weighted by Crippen LogP contribution is 1.66. The van der Waals surface area contributed by atoms with Gasteiger partial charge in [-0.25, -0.2) is 3.53 Å². The Hall–Kier alpha value is 0.610. The maximum Gasteiger partial charge on any atom is 0.117 e. The van der Waals surface area contributed by atoms with Gasteiger partial charge in [-0.2, -0.15) is 0 Å². The van der Waals surface area contributed by atoms with E-state index < -0.39 is 0 Å². The van der Waals surface area contributed by atoms with Crippen LogP contribution in [0, 0.1) is 0 Å². The van der Waals surface area contributed by atoms with Crippen molar-refractivity contribution in [3.05, 3.63) is 0 Å². The van der Waals surface area contributed by atoms with Crippen molar-refractivity contribution < 1.29 is 0 Å². The van der Waals surface area contributed by atoms with E-state index in [-0.39, 0.29) is 6.29 Å². The Balaban J connectivity index is 2.75. The van der Waals surface area contributed by atoms with Gasteiger partial charge in [0.05, 0.1) is 0 Å². The predicted molar refractivity (Wildman–Crippen MR) is 34.2 cm³/mol. The van der Waals surface area contributed by atoms with Crippen molar-refractivity contribution in [3.8, 4) is 0 Å². The Bertz CT molecular complexity index is 28.0. The summed E-state index contributed by atoms with van der Waals surface area (Å²) in [5.41, 5.74) is 5.24. The first-order chi connectivity index (χ1) is 2.81. The van der Waals surface area contributed by atoms with Crippen LogP contribution < -0.4 is 14.6 Å². The quantitative estimate of drug-likeness (QED) is 0.317. The van der Waals surface area contributed by atoms with E-state index >= 15 is 0 Å². The summed E-state index contributed by atoms with van der Waals surface area (Å²) in [6.07, 6.45) is -0.0781. The number of nitrogens with one attached hydrogen (secondary N) is 2. The predicted octanol–water partition coefficient (Wildman–Crippen LogP) is -0.612. The minimum absolute atomic E-state index is 0.0781. The maximum absolute atomic E-state index is 5.24. The van der Waals surface area contributed by atoms with Gasteiger partial charge < -0.3 is 5.73 Å². The number of hydrogen-bond acceptors (Lipinski definition) is 3. The summed E-state index contributed by atoms with van der Waals surface area (Å²) in [6, 6.07) is 0. The fraction of sp³-hybridized carbons (Fsp3) is 1.00. The molecule has 0 spiro atoms. The number of hydrogen-bond donors (Lipinski definition) is 3. The average molecular weight is 201 g/mol. The highest BCUT2D eigenvalue weighted by molar-refractivity contribution is 14.1. The summed E-state index contributed by atoms with van der Waals surface area (Å²) in [7, 11) is 1.79. The smallest absolute Gasteiger partial charge is 0.117 e. The second kappa shape index (κ2) is 3.79. The molecule has 1 unspecified atom stereocenters. The standard InChI is InChI=1S/C2H8IN3/c1-5-2(4)6-3/h2,5-6H,4H2,1H3. The summed E-state index contributed by atoms with van der Waals surface area (Å²) in [6.45, 7) is 0. The third kappa shape index (κ3) is 2.83. The van der Waals surface area contributed by atoms with Gasteiger partial charge in [-0.05, 0) is 7.05 Å². The third-order valence-electron chi connectivity index (χ3n) is 0.429. The lowest BCUT2D eigenvalue weighted by atomic mass is 10.9. The molecule has 0 aromatic rings. The Labute approximate surface area is 51.2 Å². The second-order valence-corrected chi connectivity index (χ2v) is 1.50. The van der Waals surface area contributed by atoms with Crippen LogP contribution in [0.15, 0.2) is 0 Å². The molecule has 0 heterocycles. The largest absolute Gasteiger partial charge is 0.303 e. The fourth-order valence-corrected chi connectivity index (χ4v) is 0.366. The monoisotopic (exact) mass is 201 g/mol. The van der Waals surface area contributed by atoms with E-state index in [0.717, 1.165) is 0 Å². The van der Waals surface area contributed by atoms with Crippen molar-refractivity contribution in [3.63, 3.8) is 0 Å². The molecular weight excluding hydrogens is 193 g/mol. The molecule has 0 aliphatic rings. The Morgan fingerprint density at radius 2 is 2.33 bits per heavy atom. The summed E-state index contributed by atoms with van der Waals surface area (Å²) in [5, 5.41) is 2.77. The van der Waals surface area contributed by atoms with E-state index in [1.165, 1.54) is 0 Å². The van der Waals surface area contributed by atoms with Crippen LogP contribution in [0.3, 0.4) is 0 Å². The fourth-order valence-electron chi connectivity index (χ4n) is 0.0546. The molecule has 3 nitrogen and oxygen atoms in total. The molecule has 0 amide bonds. The third-order valence-corrected chi connectivity index (χ3v) is 1.10. The number of nitrogens with two attached hydrogens (primary N) is 1. The molecule has 0 aromatic heterocycles. The molecule has 0 saturated carbocycles. The van der Waals surface area contributed by atoms with Crippen molar-refractivity contribution in [1.82, 2.24) is 8.85 Å². The molecule has 1 atom stereocenters. The molecule has 0 aromatic carbocycles. The first-order valence-corrected chi connectivity index (χ1v) is 2.68. The van der Waals surface area contributed by atoms with Crippen LogP contribution >= 0.6 is 22.9 Å². The molecular formula is C2H8IN3. The van der Waals surface area contributed by atoms with Crippen LogP contribution in [0.5, 0.6) is 0 Å².